The molecule has 0 saturated carbocycles. The molecule has 3 aromatic carbocycles. The first-order valence-electron chi connectivity index (χ1n) is 11.8. The van der Waals surface area contributed by atoms with Crippen LogP contribution in [0.15, 0.2) is 110 Å². The molecule has 0 heterocycles. The topological polar surface area (TPSA) is 0 Å². The zero-order valence-electron chi connectivity index (χ0n) is 20.9. The van der Waals surface area contributed by atoms with E-state index in [1.54, 1.807) is 25.3 Å². The minimum Gasteiger partial charge on any atom is -1.00 e. The van der Waals surface area contributed by atoms with Crippen LogP contribution in [0.25, 0.3) is 6.08 Å². The summed E-state index contributed by atoms with van der Waals surface area (Å²) in [5.74, 6) is 0. The van der Waals surface area contributed by atoms with E-state index in [1.165, 1.54) is 21.7 Å². The van der Waals surface area contributed by atoms with Gasteiger partial charge in [0.25, 0.3) is 0 Å². The summed E-state index contributed by atoms with van der Waals surface area (Å²) in [4.78, 5) is 0. The third-order valence-electron chi connectivity index (χ3n) is 7.54. The molecule has 35 heavy (non-hydrogen) atoms. The monoisotopic (exact) mass is 594 g/mol. The van der Waals surface area contributed by atoms with Crippen molar-refractivity contribution in [2.75, 3.05) is 0 Å². The molecule has 4 heteroatoms. The minimum atomic E-state index is -0.947. The van der Waals surface area contributed by atoms with Gasteiger partial charge in [-0.1, -0.05) is 0 Å². The Hall–Kier alpha value is -1.23. The van der Waals surface area contributed by atoms with Gasteiger partial charge in [0.05, 0.1) is 0 Å². The molecule has 3 aromatic rings. The fraction of sp³-hybridized carbons (Fsp3) is 0.226. The van der Waals surface area contributed by atoms with E-state index in [0.717, 1.165) is 0 Å². The molecule has 1 unspecified atom stereocenters. The van der Waals surface area contributed by atoms with Crippen molar-refractivity contribution < 1.29 is 48.0 Å². The van der Waals surface area contributed by atoms with Gasteiger partial charge in [-0.25, -0.2) is 0 Å². The first-order valence-corrected chi connectivity index (χ1v) is 15.8. The Morgan fingerprint density at radius 3 is 1.71 bits per heavy atom. The first-order chi connectivity index (χ1) is 15.9. The SMILES string of the molecule is CC1=C(C)C(C)(C)[C]([Zr+2][CH]2C(P(c3ccccc3)c3ccccc3)=Cc3ccccc32)=C1C.[Cl-].[Cl-]. The molecule has 1 atom stereocenters. The molecular formula is C31H31Cl2PZr. The maximum atomic E-state index is 2.55. The molecule has 0 nitrogen and oxygen atoms in total. The maximum Gasteiger partial charge on any atom is -1.00 e. The van der Waals surface area contributed by atoms with Crippen molar-refractivity contribution in [3.05, 3.63) is 121 Å². The Morgan fingerprint density at radius 2 is 1.20 bits per heavy atom. The van der Waals surface area contributed by atoms with Crippen molar-refractivity contribution in [1.29, 1.82) is 0 Å². The smallest absolute Gasteiger partial charge is 1.00 e. The van der Waals surface area contributed by atoms with Crippen LogP contribution < -0.4 is 35.4 Å². The summed E-state index contributed by atoms with van der Waals surface area (Å²) in [5.41, 5.74) is 7.88. The number of hydrogen-bond donors (Lipinski definition) is 0. The van der Waals surface area contributed by atoms with E-state index in [-0.39, 0.29) is 30.2 Å². The van der Waals surface area contributed by atoms with E-state index < -0.39 is 31.2 Å². The Labute approximate surface area is 236 Å². The van der Waals surface area contributed by atoms with Crippen molar-refractivity contribution >= 4 is 24.6 Å². The summed E-state index contributed by atoms with van der Waals surface area (Å²) in [6.45, 7) is 12.0. The van der Waals surface area contributed by atoms with Gasteiger partial charge in [-0.2, -0.15) is 0 Å². The fourth-order valence-electron chi connectivity index (χ4n) is 5.28. The molecule has 0 amide bonds. The standard InChI is InChI=1S/C21H16P.C10H15.2ClH.Zr/c1-3-11-19(12-4-1)22(20-13-5-2-6-14-20)21-15-17-9-7-8-10-18(17)16-21;1-7-6-10(4,5)9(3)8(7)2;;;/h1-16H;1-5H3;2*1H;/q;;;;+2/p-2. The van der Waals surface area contributed by atoms with Gasteiger partial charge in [0.2, 0.25) is 0 Å². The van der Waals surface area contributed by atoms with Crippen LogP contribution >= 0.6 is 7.92 Å². The second-order valence-corrected chi connectivity index (χ2v) is 15.2. The van der Waals surface area contributed by atoms with Gasteiger partial charge in [-0.3, -0.25) is 0 Å². The van der Waals surface area contributed by atoms with Crippen molar-refractivity contribution in [2.45, 2.75) is 38.2 Å². The van der Waals surface area contributed by atoms with Crippen molar-refractivity contribution in [3.8, 4) is 0 Å². The summed E-state index contributed by atoms with van der Waals surface area (Å²) >= 11 is -0.947. The van der Waals surface area contributed by atoms with Gasteiger partial charge in [0.15, 0.2) is 0 Å². The predicted octanol–water partition coefficient (Wildman–Crippen LogP) is 1.96. The number of benzene rings is 3. The van der Waals surface area contributed by atoms with E-state index in [2.05, 4.69) is 126 Å². The second kappa shape index (κ2) is 11.4. The molecule has 0 saturated heterocycles. The molecule has 0 N–H and O–H groups in total. The zero-order chi connectivity index (χ0) is 23.2. The Morgan fingerprint density at radius 1 is 0.686 bits per heavy atom. The summed E-state index contributed by atoms with van der Waals surface area (Å²) in [6.07, 6.45) is 2.55. The third-order valence-corrected chi connectivity index (χ3v) is 16.1. The molecule has 0 spiro atoms. The van der Waals surface area contributed by atoms with Gasteiger partial charge in [0.1, 0.15) is 0 Å². The molecule has 0 bridgehead atoms. The molecule has 178 valence electrons. The number of halogens is 2. The largest absolute Gasteiger partial charge is 1.00 e. The van der Waals surface area contributed by atoms with E-state index in [1.807, 2.05) is 0 Å². The van der Waals surface area contributed by atoms with Crippen molar-refractivity contribution in [3.63, 3.8) is 0 Å². The van der Waals surface area contributed by atoms with Crippen molar-refractivity contribution in [1.82, 2.24) is 0 Å². The second-order valence-electron chi connectivity index (χ2n) is 9.66. The summed E-state index contributed by atoms with van der Waals surface area (Å²) < 4.78 is 2.36. The maximum absolute atomic E-state index is 2.55. The van der Waals surface area contributed by atoms with Crippen LogP contribution in [0, 0.1) is 5.41 Å². The average molecular weight is 597 g/mol. The summed E-state index contributed by atoms with van der Waals surface area (Å²) in [5, 5.41) is 4.58. The molecule has 0 aromatic heterocycles. The van der Waals surface area contributed by atoms with Crippen LogP contribution in [0.4, 0.5) is 0 Å². The van der Waals surface area contributed by atoms with Crippen LogP contribution in [0.1, 0.15) is 49.4 Å². The Bertz CT molecular complexity index is 1250. The van der Waals surface area contributed by atoms with Crippen LogP contribution in [0.2, 0.25) is 0 Å². The fourth-order valence-corrected chi connectivity index (χ4v) is 13.8. The van der Waals surface area contributed by atoms with E-state index in [0.29, 0.717) is 3.63 Å². The van der Waals surface area contributed by atoms with Crippen LogP contribution in [0.3, 0.4) is 0 Å². The van der Waals surface area contributed by atoms with E-state index in [4.69, 9.17) is 0 Å². The normalized spacial score (nSPS) is 18.0. The molecule has 0 aliphatic heterocycles. The van der Waals surface area contributed by atoms with Gasteiger partial charge in [-0.05, 0) is 0 Å². The van der Waals surface area contributed by atoms with Gasteiger partial charge < -0.3 is 24.8 Å². The van der Waals surface area contributed by atoms with Crippen LogP contribution in [-0.4, -0.2) is 0 Å². The molecule has 2 aliphatic rings. The van der Waals surface area contributed by atoms with Crippen LogP contribution in [0.5, 0.6) is 0 Å². The first kappa shape index (κ1) is 28.3. The number of rotatable bonds is 5. The molecule has 0 fully saturated rings. The predicted molar refractivity (Wildman–Crippen MR) is 141 cm³/mol. The van der Waals surface area contributed by atoms with Gasteiger partial charge in [-0.15, -0.1) is 0 Å². The Balaban J connectivity index is 0.00000171. The quantitative estimate of drug-likeness (QED) is 0.396. The molecule has 5 rings (SSSR count). The third kappa shape index (κ3) is 5.13. The molecule has 2 aliphatic carbocycles. The number of allylic oxidation sites excluding steroid dienone is 5. The van der Waals surface area contributed by atoms with Gasteiger partial charge >= 0.3 is 213 Å². The summed E-state index contributed by atoms with van der Waals surface area (Å²) in [7, 11) is -0.558. The van der Waals surface area contributed by atoms with Crippen molar-refractivity contribution in [2.24, 2.45) is 5.41 Å². The summed E-state index contributed by atoms with van der Waals surface area (Å²) in [6, 6.07) is 31.6. The molecular weight excluding hydrogens is 565 g/mol. The zero-order valence-corrected chi connectivity index (χ0v) is 25.8. The van der Waals surface area contributed by atoms with Gasteiger partial charge in [0, 0.05) is 0 Å². The van der Waals surface area contributed by atoms with E-state index in [9.17, 15) is 0 Å². The minimum absolute atomic E-state index is 0. The number of hydrogen-bond acceptors (Lipinski definition) is 0. The number of fused-ring (bicyclic) bond motifs is 1. The van der Waals surface area contributed by atoms with Crippen LogP contribution in [-0.2, 0) is 23.2 Å². The average Bonchev–Trinajstić information content (AvgIpc) is 3.26. The Kier molecular flexibility index (Phi) is 9.27. The van der Waals surface area contributed by atoms with E-state index >= 15 is 0 Å². The molecule has 0 radical (unpaired) electrons.